The van der Waals surface area contributed by atoms with Gasteiger partial charge in [-0.2, -0.15) is 10.1 Å². The second-order valence-corrected chi connectivity index (χ2v) is 12.1. The van der Waals surface area contributed by atoms with E-state index in [9.17, 15) is 4.79 Å². The molecule has 4 aromatic rings. The van der Waals surface area contributed by atoms with Crippen molar-refractivity contribution in [1.29, 1.82) is 0 Å². The average Bonchev–Trinajstić information content (AvgIpc) is 3.57. The van der Waals surface area contributed by atoms with Crippen LogP contribution in [0.1, 0.15) is 75.8 Å². The first-order valence-corrected chi connectivity index (χ1v) is 15.0. The van der Waals surface area contributed by atoms with Crippen LogP contribution in [0.4, 0.5) is 5.82 Å². The number of thiazole rings is 1. The van der Waals surface area contributed by atoms with Gasteiger partial charge in [0.1, 0.15) is 16.6 Å². The molecule has 39 heavy (non-hydrogen) atoms. The number of hydrogen-bond donors (Lipinski definition) is 0. The molecule has 11 heteroatoms. The average molecular weight is 551 g/mol. The zero-order valence-corrected chi connectivity index (χ0v) is 24.3. The zero-order valence-electron chi connectivity index (χ0n) is 23.5. The maximum Gasteiger partial charge on any atom is 0.349 e. The number of fused-ring (bicyclic) bond motifs is 2. The van der Waals surface area contributed by atoms with Gasteiger partial charge in [0.15, 0.2) is 11.3 Å². The summed E-state index contributed by atoms with van der Waals surface area (Å²) in [6.07, 6.45) is 6.91. The van der Waals surface area contributed by atoms with Gasteiger partial charge in [0, 0.05) is 44.9 Å². The van der Waals surface area contributed by atoms with E-state index in [1.165, 1.54) is 0 Å². The molecule has 10 nitrogen and oxygen atoms in total. The van der Waals surface area contributed by atoms with Gasteiger partial charge < -0.3 is 9.64 Å². The standard InChI is InChI=1S/C28H38N8O2S/c1-6-19-15-35(20(7-2)14-34(19)17(3)21-11-12-22-27(30-21)39-18(4)29-22)26-25-23(33(5)28(37)31-26)16-36(32-25)24-10-8-9-13-38-24/h11-12,16-17,19-20,24H,6-10,13-15H2,1-5H3/t17?,19-,20+,24?/m1/s1. The van der Waals surface area contributed by atoms with E-state index in [0.717, 1.165) is 83.9 Å². The molecule has 0 aliphatic carbocycles. The molecular weight excluding hydrogens is 512 g/mol. The van der Waals surface area contributed by atoms with Crippen molar-refractivity contribution in [2.75, 3.05) is 24.6 Å². The number of aromatic nitrogens is 6. The van der Waals surface area contributed by atoms with E-state index in [1.807, 2.05) is 17.8 Å². The van der Waals surface area contributed by atoms with E-state index >= 15 is 0 Å². The van der Waals surface area contributed by atoms with Crippen LogP contribution in [0.2, 0.25) is 0 Å². The van der Waals surface area contributed by atoms with Crippen molar-refractivity contribution in [3.8, 4) is 0 Å². The van der Waals surface area contributed by atoms with E-state index in [4.69, 9.17) is 14.8 Å². The summed E-state index contributed by atoms with van der Waals surface area (Å²) in [4.78, 5) is 33.1. The Morgan fingerprint density at radius 3 is 2.67 bits per heavy atom. The summed E-state index contributed by atoms with van der Waals surface area (Å²) < 4.78 is 9.50. The number of ether oxygens (including phenoxy) is 1. The predicted molar refractivity (Wildman–Crippen MR) is 154 cm³/mol. The lowest BCUT2D eigenvalue weighted by Gasteiger charge is -2.48. The summed E-state index contributed by atoms with van der Waals surface area (Å²) in [6, 6.07) is 4.87. The fraction of sp³-hybridized carbons (Fsp3) is 0.607. The first-order valence-electron chi connectivity index (χ1n) is 14.2. The summed E-state index contributed by atoms with van der Waals surface area (Å²) in [7, 11) is 1.77. The first kappa shape index (κ1) is 26.3. The number of hydrogen-bond acceptors (Lipinski definition) is 9. The van der Waals surface area contributed by atoms with E-state index < -0.39 is 0 Å². The van der Waals surface area contributed by atoms with Gasteiger partial charge in [-0.05, 0) is 58.1 Å². The Kier molecular flexibility index (Phi) is 7.15. The van der Waals surface area contributed by atoms with Crippen LogP contribution in [-0.2, 0) is 11.8 Å². The Morgan fingerprint density at radius 1 is 1.10 bits per heavy atom. The van der Waals surface area contributed by atoms with E-state index in [-0.39, 0.29) is 30.0 Å². The van der Waals surface area contributed by atoms with Crippen LogP contribution in [0.15, 0.2) is 23.1 Å². The van der Waals surface area contributed by atoms with Crippen LogP contribution in [0.25, 0.3) is 21.4 Å². The summed E-state index contributed by atoms with van der Waals surface area (Å²) >= 11 is 1.65. The van der Waals surface area contributed by atoms with Crippen molar-refractivity contribution in [3.05, 3.63) is 39.5 Å². The maximum absolute atomic E-state index is 13.0. The van der Waals surface area contributed by atoms with Crippen molar-refractivity contribution in [2.45, 2.75) is 84.2 Å². The Balaban J connectivity index is 1.34. The summed E-state index contributed by atoms with van der Waals surface area (Å²) in [5.41, 5.74) is 3.37. The summed E-state index contributed by atoms with van der Waals surface area (Å²) in [5.74, 6) is 0.694. The molecule has 4 atom stereocenters. The fourth-order valence-electron chi connectivity index (χ4n) is 6.15. The molecule has 2 saturated heterocycles. The molecule has 0 bridgehead atoms. The van der Waals surface area contributed by atoms with Crippen molar-refractivity contribution in [3.63, 3.8) is 0 Å². The molecule has 6 rings (SSSR count). The van der Waals surface area contributed by atoms with Gasteiger partial charge in [-0.3, -0.25) is 9.47 Å². The Bertz CT molecular complexity index is 1540. The van der Waals surface area contributed by atoms with Crippen molar-refractivity contribution >= 4 is 38.5 Å². The predicted octanol–water partition coefficient (Wildman–Crippen LogP) is 4.58. The van der Waals surface area contributed by atoms with Gasteiger partial charge in [0.2, 0.25) is 0 Å². The lowest BCUT2D eigenvalue weighted by atomic mass is 9.99. The normalized spacial score (nSPS) is 23.6. The molecule has 0 radical (unpaired) electrons. The number of piperazine rings is 1. The Morgan fingerprint density at radius 2 is 1.92 bits per heavy atom. The third kappa shape index (κ3) is 4.74. The second kappa shape index (κ2) is 10.6. The Hall–Kier alpha value is -2.89. The van der Waals surface area contributed by atoms with Gasteiger partial charge in [-0.25, -0.2) is 19.4 Å². The number of nitrogens with zero attached hydrogens (tertiary/aromatic N) is 8. The molecule has 6 heterocycles. The minimum Gasteiger partial charge on any atom is -0.357 e. The minimum atomic E-state index is -0.252. The maximum atomic E-state index is 13.0. The molecule has 208 valence electrons. The molecule has 0 aromatic carbocycles. The fourth-order valence-corrected chi connectivity index (χ4v) is 6.94. The summed E-state index contributed by atoms with van der Waals surface area (Å²) in [5, 5.41) is 6.01. The molecule has 4 aromatic heterocycles. The third-order valence-corrected chi connectivity index (χ3v) is 9.37. The highest BCUT2D eigenvalue weighted by molar-refractivity contribution is 7.18. The van der Waals surface area contributed by atoms with Gasteiger partial charge in [0.05, 0.1) is 22.4 Å². The minimum absolute atomic E-state index is 0.0932. The molecule has 0 spiro atoms. The van der Waals surface area contributed by atoms with Crippen molar-refractivity contribution in [1.82, 2.24) is 34.2 Å². The van der Waals surface area contributed by atoms with Gasteiger partial charge in [-0.1, -0.05) is 25.2 Å². The van der Waals surface area contributed by atoms with Crippen LogP contribution < -0.4 is 10.6 Å². The molecule has 0 amide bonds. The second-order valence-electron chi connectivity index (χ2n) is 10.9. The van der Waals surface area contributed by atoms with Gasteiger partial charge in [-0.15, -0.1) is 0 Å². The van der Waals surface area contributed by atoms with Crippen LogP contribution in [0, 0.1) is 6.92 Å². The molecular formula is C28H38N8O2S. The highest BCUT2D eigenvalue weighted by Gasteiger charge is 2.37. The molecule has 0 N–H and O–H groups in total. The zero-order chi connectivity index (χ0) is 27.3. The quantitative estimate of drug-likeness (QED) is 0.344. The van der Waals surface area contributed by atoms with Crippen LogP contribution in [0.3, 0.4) is 0 Å². The molecule has 0 saturated carbocycles. The van der Waals surface area contributed by atoms with Crippen LogP contribution >= 0.6 is 11.3 Å². The van der Waals surface area contributed by atoms with Gasteiger partial charge >= 0.3 is 5.69 Å². The van der Waals surface area contributed by atoms with Crippen LogP contribution in [-0.4, -0.2) is 66.0 Å². The highest BCUT2D eigenvalue weighted by Crippen LogP contribution is 2.34. The number of rotatable bonds is 6. The molecule has 2 unspecified atom stereocenters. The Labute approximate surface area is 232 Å². The third-order valence-electron chi connectivity index (χ3n) is 8.49. The lowest BCUT2D eigenvalue weighted by Crippen LogP contribution is -2.59. The number of aryl methyl sites for hydroxylation is 2. The highest BCUT2D eigenvalue weighted by atomic mass is 32.1. The topological polar surface area (TPSA) is 94.2 Å². The smallest absolute Gasteiger partial charge is 0.349 e. The molecule has 2 aliphatic rings. The largest absolute Gasteiger partial charge is 0.357 e. The van der Waals surface area contributed by atoms with Gasteiger partial charge in [0.25, 0.3) is 0 Å². The molecule has 2 aliphatic heterocycles. The van der Waals surface area contributed by atoms with E-state index in [0.29, 0.717) is 5.82 Å². The monoisotopic (exact) mass is 550 g/mol. The number of anilines is 1. The SMILES string of the molecule is CC[C@H]1CN(C(C)c2ccc3nc(C)sc3n2)[C@H](CC)CN1c1nc(=O)n(C)c2cn(C3CCCCO3)nc12. The van der Waals surface area contributed by atoms with Crippen LogP contribution in [0.5, 0.6) is 0 Å². The first-order chi connectivity index (χ1) is 18.9. The van der Waals surface area contributed by atoms with Crippen molar-refractivity contribution in [2.24, 2.45) is 7.05 Å². The summed E-state index contributed by atoms with van der Waals surface area (Å²) in [6.45, 7) is 11.1. The number of pyridine rings is 1. The van der Waals surface area contributed by atoms with E-state index in [1.54, 1.807) is 23.0 Å². The van der Waals surface area contributed by atoms with E-state index in [2.05, 4.69) is 52.7 Å². The molecule has 2 fully saturated rings. The van der Waals surface area contributed by atoms with Crippen molar-refractivity contribution < 1.29 is 4.74 Å². The lowest BCUT2D eigenvalue weighted by molar-refractivity contribution is -0.0390.